The van der Waals surface area contributed by atoms with Crippen LogP contribution in [0.25, 0.3) is 33.5 Å². The molecule has 184 valence electrons. The molecule has 0 bridgehead atoms. The predicted molar refractivity (Wildman–Crippen MR) is 141 cm³/mol. The van der Waals surface area contributed by atoms with Gasteiger partial charge in [-0.1, -0.05) is 53.2 Å². The third-order valence-electron chi connectivity index (χ3n) is 6.72. The quantitative estimate of drug-likeness (QED) is 0.355. The zero-order valence-electron chi connectivity index (χ0n) is 20.5. The fraction of sp³-hybridized carbons (Fsp3) is 0.207. The van der Waals surface area contributed by atoms with Crippen molar-refractivity contribution in [1.82, 2.24) is 29.9 Å². The molecule has 4 heterocycles. The van der Waals surface area contributed by atoms with Crippen molar-refractivity contribution in [2.75, 3.05) is 26.2 Å². The molecule has 1 aliphatic rings. The number of pyridine rings is 2. The lowest BCUT2D eigenvalue weighted by Crippen LogP contribution is -2.48. The predicted octanol–water partition coefficient (Wildman–Crippen LogP) is 4.61. The van der Waals surface area contributed by atoms with Crippen LogP contribution >= 0.6 is 0 Å². The molecule has 2 aromatic carbocycles. The van der Waals surface area contributed by atoms with Gasteiger partial charge in [-0.25, -0.2) is 4.98 Å². The van der Waals surface area contributed by atoms with Crippen LogP contribution in [0.3, 0.4) is 0 Å². The Bertz CT molecular complexity index is 1540. The molecule has 8 heteroatoms. The maximum absolute atomic E-state index is 13.7. The van der Waals surface area contributed by atoms with Crippen molar-refractivity contribution in [3.05, 3.63) is 96.1 Å². The molecule has 0 unspecified atom stereocenters. The van der Waals surface area contributed by atoms with E-state index in [0.717, 1.165) is 40.8 Å². The van der Waals surface area contributed by atoms with Crippen molar-refractivity contribution in [2.24, 2.45) is 0 Å². The molecule has 37 heavy (non-hydrogen) atoms. The largest absolute Gasteiger partial charge is 0.338 e. The number of hydrogen-bond acceptors (Lipinski definition) is 7. The summed E-state index contributed by atoms with van der Waals surface area (Å²) in [4.78, 5) is 31.3. The number of carbonyl (C=O) groups is 1. The second-order valence-electron chi connectivity index (χ2n) is 9.25. The molecule has 1 aliphatic heterocycles. The van der Waals surface area contributed by atoms with Gasteiger partial charge in [-0.3, -0.25) is 14.7 Å². The summed E-state index contributed by atoms with van der Waals surface area (Å²) in [6.07, 6.45) is 3.47. The van der Waals surface area contributed by atoms with Gasteiger partial charge in [0.25, 0.3) is 5.91 Å². The van der Waals surface area contributed by atoms with Gasteiger partial charge in [0.1, 0.15) is 0 Å². The molecule has 5 aromatic rings. The third kappa shape index (κ3) is 4.83. The lowest BCUT2D eigenvalue weighted by molar-refractivity contribution is 0.0617. The Morgan fingerprint density at radius 2 is 1.65 bits per heavy atom. The Balaban J connectivity index is 1.16. The van der Waals surface area contributed by atoms with E-state index in [0.29, 0.717) is 36.9 Å². The summed E-state index contributed by atoms with van der Waals surface area (Å²) in [7, 11) is 0. The zero-order valence-corrected chi connectivity index (χ0v) is 20.5. The van der Waals surface area contributed by atoms with E-state index in [-0.39, 0.29) is 5.91 Å². The molecule has 0 N–H and O–H groups in total. The smallest absolute Gasteiger partial charge is 0.254 e. The highest BCUT2D eigenvalue weighted by Crippen LogP contribution is 2.26. The monoisotopic (exact) mass is 490 g/mol. The number of piperazine rings is 1. The Morgan fingerprint density at radius 1 is 0.892 bits per heavy atom. The average molecular weight is 491 g/mol. The summed E-state index contributed by atoms with van der Waals surface area (Å²) in [6.45, 7) is 5.32. The minimum Gasteiger partial charge on any atom is -0.338 e. The first-order valence-corrected chi connectivity index (χ1v) is 12.4. The van der Waals surface area contributed by atoms with Gasteiger partial charge >= 0.3 is 0 Å². The van der Waals surface area contributed by atoms with Crippen LogP contribution in [-0.2, 0) is 6.54 Å². The summed E-state index contributed by atoms with van der Waals surface area (Å²) >= 11 is 0. The Labute approximate surface area is 214 Å². The lowest BCUT2D eigenvalue weighted by atomic mass is 10.0. The molecule has 0 spiro atoms. The van der Waals surface area contributed by atoms with E-state index in [2.05, 4.69) is 20.0 Å². The summed E-state index contributed by atoms with van der Waals surface area (Å²) in [6, 6.07) is 21.6. The maximum atomic E-state index is 13.7. The highest BCUT2D eigenvalue weighted by atomic mass is 16.5. The summed E-state index contributed by atoms with van der Waals surface area (Å²) in [5, 5.41) is 5.00. The fourth-order valence-electron chi connectivity index (χ4n) is 4.63. The van der Waals surface area contributed by atoms with Crippen molar-refractivity contribution >= 4 is 16.8 Å². The van der Waals surface area contributed by atoms with E-state index < -0.39 is 0 Å². The average Bonchev–Trinajstić information content (AvgIpc) is 3.42. The van der Waals surface area contributed by atoms with E-state index in [9.17, 15) is 4.79 Å². The Kier molecular flexibility index (Phi) is 6.16. The molecular formula is C29H26N6O2. The Morgan fingerprint density at radius 3 is 2.43 bits per heavy atom. The number of benzene rings is 2. The first-order valence-electron chi connectivity index (χ1n) is 12.4. The van der Waals surface area contributed by atoms with Gasteiger partial charge in [0.2, 0.25) is 11.7 Å². The third-order valence-corrected chi connectivity index (χ3v) is 6.72. The standard InChI is InChI=1S/C29H26N6O2/c1-20-6-8-22(9-7-20)28-32-27(37-33-28)19-34-14-16-35(17-15-34)29(36)24-18-26(21-10-12-30-13-11-21)31-25-5-3-2-4-23(24)25/h2-13,18H,14-17,19H2,1H3. The fourth-order valence-corrected chi connectivity index (χ4v) is 4.63. The lowest BCUT2D eigenvalue weighted by Gasteiger charge is -2.34. The zero-order chi connectivity index (χ0) is 25.2. The van der Waals surface area contributed by atoms with Gasteiger partial charge in [-0.15, -0.1) is 0 Å². The van der Waals surface area contributed by atoms with E-state index >= 15 is 0 Å². The van der Waals surface area contributed by atoms with Crippen molar-refractivity contribution in [3.8, 4) is 22.6 Å². The van der Waals surface area contributed by atoms with Crippen LogP contribution in [0.1, 0.15) is 21.8 Å². The summed E-state index contributed by atoms with van der Waals surface area (Å²) < 4.78 is 5.50. The SMILES string of the molecule is Cc1ccc(-c2noc(CN3CCN(C(=O)c4cc(-c5ccncc5)nc5ccccc45)CC3)n2)cc1. The van der Waals surface area contributed by atoms with Crippen molar-refractivity contribution in [3.63, 3.8) is 0 Å². The second kappa shape index (κ2) is 9.91. The molecule has 0 aliphatic carbocycles. The van der Waals surface area contributed by atoms with E-state index in [1.807, 2.05) is 78.6 Å². The molecule has 3 aromatic heterocycles. The van der Waals surface area contributed by atoms with Crippen LogP contribution in [-0.4, -0.2) is 62.0 Å². The highest BCUT2D eigenvalue weighted by Gasteiger charge is 2.25. The minimum atomic E-state index is 0.0213. The van der Waals surface area contributed by atoms with Crippen molar-refractivity contribution < 1.29 is 9.32 Å². The molecule has 1 saturated heterocycles. The number of carbonyl (C=O) groups excluding carboxylic acids is 1. The first kappa shape index (κ1) is 23.0. The van der Waals surface area contributed by atoms with Crippen LogP contribution in [0.2, 0.25) is 0 Å². The molecule has 1 amide bonds. The number of hydrogen-bond donors (Lipinski definition) is 0. The van der Waals surface area contributed by atoms with Gasteiger partial charge in [0.05, 0.1) is 23.3 Å². The normalized spacial score (nSPS) is 14.2. The van der Waals surface area contributed by atoms with Gasteiger partial charge in [0.15, 0.2) is 0 Å². The number of amides is 1. The number of nitrogens with zero attached hydrogens (tertiary/aromatic N) is 6. The van der Waals surface area contributed by atoms with Crippen LogP contribution in [0, 0.1) is 6.92 Å². The molecule has 0 radical (unpaired) electrons. The number of para-hydroxylation sites is 1. The molecule has 0 saturated carbocycles. The molecule has 6 rings (SSSR count). The van der Waals surface area contributed by atoms with Gasteiger partial charge in [-0.2, -0.15) is 4.98 Å². The van der Waals surface area contributed by atoms with E-state index in [1.165, 1.54) is 5.56 Å². The van der Waals surface area contributed by atoms with Gasteiger partial charge in [-0.05, 0) is 31.2 Å². The van der Waals surface area contributed by atoms with Crippen molar-refractivity contribution in [1.29, 1.82) is 0 Å². The minimum absolute atomic E-state index is 0.0213. The van der Waals surface area contributed by atoms with E-state index in [1.54, 1.807) is 12.4 Å². The van der Waals surface area contributed by atoms with Gasteiger partial charge < -0.3 is 9.42 Å². The molecule has 1 fully saturated rings. The van der Waals surface area contributed by atoms with Crippen LogP contribution in [0.4, 0.5) is 0 Å². The molecule has 8 nitrogen and oxygen atoms in total. The van der Waals surface area contributed by atoms with Crippen molar-refractivity contribution in [2.45, 2.75) is 13.5 Å². The molecule has 0 atom stereocenters. The topological polar surface area (TPSA) is 88.3 Å². The number of fused-ring (bicyclic) bond motifs is 1. The molecular weight excluding hydrogens is 464 g/mol. The second-order valence-corrected chi connectivity index (χ2v) is 9.25. The van der Waals surface area contributed by atoms with Crippen LogP contribution < -0.4 is 0 Å². The summed E-state index contributed by atoms with van der Waals surface area (Å²) in [5.74, 6) is 1.20. The number of aromatic nitrogens is 4. The Hall–Kier alpha value is -4.43. The van der Waals surface area contributed by atoms with Crippen LogP contribution in [0.15, 0.2) is 83.6 Å². The maximum Gasteiger partial charge on any atom is 0.254 e. The number of aryl methyl sites for hydroxylation is 1. The van der Waals surface area contributed by atoms with Crippen LogP contribution in [0.5, 0.6) is 0 Å². The number of rotatable bonds is 5. The first-order chi connectivity index (χ1) is 18.1. The van der Waals surface area contributed by atoms with E-state index in [4.69, 9.17) is 9.51 Å². The van der Waals surface area contributed by atoms with Gasteiger partial charge in [0, 0.05) is 55.1 Å². The highest BCUT2D eigenvalue weighted by molar-refractivity contribution is 6.07. The summed E-state index contributed by atoms with van der Waals surface area (Å²) in [5.41, 5.74) is 5.30.